The second-order valence-electron chi connectivity index (χ2n) is 3.38. The van der Waals surface area contributed by atoms with Crippen molar-refractivity contribution >= 4 is 0 Å². The smallest absolute Gasteiger partial charge is 0.00674 e. The largest absolute Gasteiger partial charge is 0.301 e. The summed E-state index contributed by atoms with van der Waals surface area (Å²) in [5.41, 5.74) is 0. The molecule has 0 aromatic rings. The van der Waals surface area contributed by atoms with Gasteiger partial charge in [-0.05, 0) is 39.3 Å². The maximum atomic E-state index is 2.61. The molecule has 1 heteroatoms. The van der Waals surface area contributed by atoms with Gasteiger partial charge in [0.1, 0.15) is 0 Å². The lowest BCUT2D eigenvalue weighted by Gasteiger charge is -2.19. The van der Waals surface area contributed by atoms with Gasteiger partial charge in [-0.15, -0.1) is 0 Å². The summed E-state index contributed by atoms with van der Waals surface area (Å²) >= 11 is 0. The van der Waals surface area contributed by atoms with E-state index in [1.807, 2.05) is 0 Å². The lowest BCUT2D eigenvalue weighted by molar-refractivity contribution is 0.265. The number of likely N-dealkylation sites (tertiary alicyclic amines) is 1. The molecule has 0 N–H and O–H groups in total. The molecule has 0 bridgehead atoms. The minimum atomic E-state index is 0.867. The lowest BCUT2D eigenvalue weighted by atomic mass is 10.2. The highest BCUT2D eigenvalue weighted by Gasteiger charge is 2.18. The zero-order valence-corrected chi connectivity index (χ0v) is 7.27. The van der Waals surface area contributed by atoms with Crippen LogP contribution in [-0.2, 0) is 0 Å². The molecule has 1 aliphatic rings. The van der Waals surface area contributed by atoms with Crippen molar-refractivity contribution in [1.82, 2.24) is 4.90 Å². The van der Waals surface area contributed by atoms with Crippen molar-refractivity contribution in [2.45, 2.75) is 45.6 Å². The third-order valence-electron chi connectivity index (χ3n) is 2.49. The molecule has 1 rings (SSSR count). The molecule has 0 aromatic carbocycles. The molecule has 0 radical (unpaired) electrons. The molecular weight excluding hydrogens is 122 g/mol. The minimum Gasteiger partial charge on any atom is -0.301 e. The third kappa shape index (κ3) is 1.98. The molecular formula is C9H19N. The van der Waals surface area contributed by atoms with Gasteiger partial charge in [-0.2, -0.15) is 0 Å². The number of unbranched alkanes of at least 4 members (excludes halogenated alkanes) is 1. The Balaban J connectivity index is 2.14. The van der Waals surface area contributed by atoms with Gasteiger partial charge in [-0.25, -0.2) is 0 Å². The van der Waals surface area contributed by atoms with Crippen molar-refractivity contribution in [2.24, 2.45) is 0 Å². The Bertz CT molecular complexity index is 90.7. The van der Waals surface area contributed by atoms with E-state index in [1.54, 1.807) is 0 Å². The summed E-state index contributed by atoms with van der Waals surface area (Å²) in [6.07, 6.45) is 5.56. The number of rotatable bonds is 3. The Morgan fingerprint density at radius 2 is 2.30 bits per heavy atom. The first-order valence-corrected chi connectivity index (χ1v) is 4.58. The Labute approximate surface area is 64.4 Å². The molecule has 60 valence electrons. The standard InChI is InChI=1S/C9H19N/c1-3-4-7-10-8-5-6-9(10)2/h9H,3-8H2,1-2H3. The van der Waals surface area contributed by atoms with E-state index in [9.17, 15) is 0 Å². The van der Waals surface area contributed by atoms with Crippen molar-refractivity contribution in [3.8, 4) is 0 Å². The van der Waals surface area contributed by atoms with Gasteiger partial charge < -0.3 is 4.90 Å². The molecule has 1 unspecified atom stereocenters. The summed E-state index contributed by atoms with van der Waals surface area (Å²) in [7, 11) is 0. The zero-order chi connectivity index (χ0) is 7.40. The molecule has 1 nitrogen and oxygen atoms in total. The molecule has 1 fully saturated rings. The SMILES string of the molecule is CCCCN1CCCC1C. The van der Waals surface area contributed by atoms with Crippen LogP contribution in [-0.4, -0.2) is 24.0 Å². The van der Waals surface area contributed by atoms with Gasteiger partial charge in [0, 0.05) is 6.04 Å². The molecule has 0 aromatic heterocycles. The zero-order valence-electron chi connectivity index (χ0n) is 7.27. The van der Waals surface area contributed by atoms with Crippen LogP contribution in [0.4, 0.5) is 0 Å². The van der Waals surface area contributed by atoms with Crippen LogP contribution >= 0.6 is 0 Å². The van der Waals surface area contributed by atoms with E-state index in [-0.39, 0.29) is 0 Å². The van der Waals surface area contributed by atoms with Crippen LogP contribution in [0.1, 0.15) is 39.5 Å². The van der Waals surface area contributed by atoms with E-state index in [1.165, 1.54) is 38.8 Å². The van der Waals surface area contributed by atoms with E-state index < -0.39 is 0 Å². The van der Waals surface area contributed by atoms with Crippen molar-refractivity contribution in [1.29, 1.82) is 0 Å². The van der Waals surface area contributed by atoms with Gasteiger partial charge in [0.05, 0.1) is 0 Å². The molecule has 1 aliphatic heterocycles. The Kier molecular flexibility index (Phi) is 3.20. The van der Waals surface area contributed by atoms with Gasteiger partial charge in [-0.1, -0.05) is 13.3 Å². The molecule has 0 aliphatic carbocycles. The quantitative estimate of drug-likeness (QED) is 0.583. The normalized spacial score (nSPS) is 27.6. The predicted molar refractivity (Wildman–Crippen MR) is 45.2 cm³/mol. The van der Waals surface area contributed by atoms with E-state index in [2.05, 4.69) is 18.7 Å². The van der Waals surface area contributed by atoms with Crippen molar-refractivity contribution in [3.63, 3.8) is 0 Å². The van der Waals surface area contributed by atoms with E-state index in [0.29, 0.717) is 0 Å². The van der Waals surface area contributed by atoms with Crippen LogP contribution in [0.2, 0.25) is 0 Å². The number of hydrogen-bond acceptors (Lipinski definition) is 1. The van der Waals surface area contributed by atoms with Crippen LogP contribution in [0, 0.1) is 0 Å². The molecule has 0 saturated carbocycles. The Hall–Kier alpha value is -0.0400. The van der Waals surface area contributed by atoms with E-state index >= 15 is 0 Å². The van der Waals surface area contributed by atoms with Gasteiger partial charge >= 0.3 is 0 Å². The first kappa shape index (κ1) is 8.06. The minimum absolute atomic E-state index is 0.867. The van der Waals surface area contributed by atoms with Crippen LogP contribution in [0.25, 0.3) is 0 Å². The Morgan fingerprint density at radius 1 is 1.50 bits per heavy atom. The van der Waals surface area contributed by atoms with E-state index in [0.717, 1.165) is 6.04 Å². The van der Waals surface area contributed by atoms with Crippen LogP contribution in [0.3, 0.4) is 0 Å². The monoisotopic (exact) mass is 141 g/mol. The van der Waals surface area contributed by atoms with Crippen LogP contribution in [0.15, 0.2) is 0 Å². The fourth-order valence-electron chi connectivity index (χ4n) is 1.69. The van der Waals surface area contributed by atoms with Gasteiger partial charge in [0.15, 0.2) is 0 Å². The summed E-state index contributed by atoms with van der Waals surface area (Å²) in [4.78, 5) is 2.61. The highest BCUT2D eigenvalue weighted by molar-refractivity contribution is 4.74. The molecule has 0 spiro atoms. The topological polar surface area (TPSA) is 3.24 Å². The fraction of sp³-hybridized carbons (Fsp3) is 1.00. The first-order valence-electron chi connectivity index (χ1n) is 4.58. The summed E-state index contributed by atoms with van der Waals surface area (Å²) < 4.78 is 0. The van der Waals surface area contributed by atoms with Crippen molar-refractivity contribution < 1.29 is 0 Å². The van der Waals surface area contributed by atoms with Gasteiger partial charge in [0.25, 0.3) is 0 Å². The lowest BCUT2D eigenvalue weighted by Crippen LogP contribution is -2.27. The number of hydrogen-bond donors (Lipinski definition) is 0. The predicted octanol–water partition coefficient (Wildman–Crippen LogP) is 2.27. The summed E-state index contributed by atoms with van der Waals surface area (Å²) in [6.45, 7) is 7.29. The van der Waals surface area contributed by atoms with Crippen LogP contribution < -0.4 is 0 Å². The molecule has 10 heavy (non-hydrogen) atoms. The number of nitrogens with zero attached hydrogens (tertiary/aromatic N) is 1. The third-order valence-corrected chi connectivity index (χ3v) is 2.49. The van der Waals surface area contributed by atoms with Gasteiger partial charge in [-0.3, -0.25) is 0 Å². The summed E-state index contributed by atoms with van der Waals surface area (Å²) in [5.74, 6) is 0. The maximum absolute atomic E-state index is 2.61. The van der Waals surface area contributed by atoms with Crippen LogP contribution in [0.5, 0.6) is 0 Å². The fourth-order valence-corrected chi connectivity index (χ4v) is 1.69. The van der Waals surface area contributed by atoms with Crippen molar-refractivity contribution in [3.05, 3.63) is 0 Å². The highest BCUT2D eigenvalue weighted by Crippen LogP contribution is 2.16. The Morgan fingerprint density at radius 3 is 2.80 bits per heavy atom. The average molecular weight is 141 g/mol. The second-order valence-corrected chi connectivity index (χ2v) is 3.38. The molecule has 0 amide bonds. The summed E-state index contributed by atoms with van der Waals surface area (Å²) in [6, 6.07) is 0.867. The maximum Gasteiger partial charge on any atom is 0.00674 e. The second kappa shape index (κ2) is 3.97. The van der Waals surface area contributed by atoms with Crippen molar-refractivity contribution in [2.75, 3.05) is 13.1 Å². The van der Waals surface area contributed by atoms with E-state index in [4.69, 9.17) is 0 Å². The summed E-state index contributed by atoms with van der Waals surface area (Å²) in [5, 5.41) is 0. The molecule has 1 heterocycles. The first-order chi connectivity index (χ1) is 4.84. The molecule has 1 atom stereocenters. The molecule has 1 saturated heterocycles. The average Bonchev–Trinajstić information content (AvgIpc) is 2.31. The highest BCUT2D eigenvalue weighted by atomic mass is 15.2. The van der Waals surface area contributed by atoms with Gasteiger partial charge in [0.2, 0.25) is 0 Å².